The number of amides is 1. The normalized spacial score (nSPS) is 12.1. The average Bonchev–Trinajstić information content (AvgIpc) is 2.23. The van der Waals surface area contributed by atoms with Gasteiger partial charge in [-0.2, -0.15) is 8.78 Å². The fourth-order valence-electron chi connectivity index (χ4n) is 1.01. The van der Waals surface area contributed by atoms with E-state index in [2.05, 4.69) is 15.9 Å². The van der Waals surface area contributed by atoms with E-state index in [-0.39, 0.29) is 5.33 Å². The van der Waals surface area contributed by atoms with Crippen molar-refractivity contribution in [2.24, 2.45) is 0 Å². The summed E-state index contributed by atoms with van der Waals surface area (Å²) in [6, 6.07) is -0.768. The number of halogens is 5. The first-order valence-electron chi connectivity index (χ1n) is 4.69. The number of hydrogen-bond donors (Lipinski definition) is 0. The third-order valence-electron chi connectivity index (χ3n) is 1.94. The summed E-state index contributed by atoms with van der Waals surface area (Å²) in [4.78, 5) is 22.7. The highest BCUT2D eigenvalue weighted by Gasteiger charge is 2.51. The van der Waals surface area contributed by atoms with Crippen LogP contribution >= 0.6 is 15.9 Å². The first-order valence-corrected chi connectivity index (χ1v) is 5.81. The minimum absolute atomic E-state index is 0.135. The maximum absolute atomic E-state index is 12.8. The largest absolute Gasteiger partial charge is 0.383 e. The van der Waals surface area contributed by atoms with E-state index in [1.807, 2.05) is 0 Å². The van der Waals surface area contributed by atoms with Crippen molar-refractivity contribution in [2.75, 3.05) is 11.9 Å². The third kappa shape index (κ3) is 4.25. The summed E-state index contributed by atoms with van der Waals surface area (Å²) in [5.41, 5.74) is 0. The molecule has 8 heteroatoms. The number of rotatable bonds is 6. The molecule has 0 aliphatic heterocycles. The van der Waals surface area contributed by atoms with Gasteiger partial charge in [0.25, 0.3) is 5.91 Å². The second-order valence-electron chi connectivity index (χ2n) is 3.62. The van der Waals surface area contributed by atoms with E-state index in [1.165, 1.54) is 13.8 Å². The van der Waals surface area contributed by atoms with Gasteiger partial charge in [-0.25, -0.2) is 8.78 Å². The lowest BCUT2D eigenvalue weighted by Gasteiger charge is -2.29. The number of carbonyl (C=O) groups excluding carboxylic acids is 2. The maximum Gasteiger partial charge on any atom is 0.383 e. The van der Waals surface area contributed by atoms with Crippen LogP contribution in [0.15, 0.2) is 0 Å². The van der Waals surface area contributed by atoms with Crippen molar-refractivity contribution < 1.29 is 27.2 Å². The molecule has 0 atom stereocenters. The SMILES string of the molecule is CC(C)N(CC(=O)CBr)C(=O)C(F)(F)C(F)F. The van der Waals surface area contributed by atoms with Crippen LogP contribution in [0.1, 0.15) is 13.8 Å². The molecule has 0 aromatic rings. The predicted molar refractivity (Wildman–Crippen MR) is 56.6 cm³/mol. The highest BCUT2D eigenvalue weighted by Crippen LogP contribution is 2.26. The molecule has 0 spiro atoms. The van der Waals surface area contributed by atoms with Crippen molar-refractivity contribution in [2.45, 2.75) is 32.2 Å². The molecule has 0 rings (SSSR count). The monoisotopic (exact) mass is 321 g/mol. The van der Waals surface area contributed by atoms with E-state index in [4.69, 9.17) is 0 Å². The molecule has 0 fully saturated rings. The van der Waals surface area contributed by atoms with Gasteiger partial charge in [-0.3, -0.25) is 9.59 Å². The summed E-state index contributed by atoms with van der Waals surface area (Å²) in [6.45, 7) is 2.10. The van der Waals surface area contributed by atoms with Gasteiger partial charge in [0.05, 0.1) is 11.9 Å². The topological polar surface area (TPSA) is 37.4 Å². The first-order chi connectivity index (χ1) is 7.64. The van der Waals surface area contributed by atoms with Gasteiger partial charge in [-0.1, -0.05) is 15.9 Å². The van der Waals surface area contributed by atoms with Crippen LogP contribution in [-0.2, 0) is 9.59 Å². The van der Waals surface area contributed by atoms with E-state index in [9.17, 15) is 27.2 Å². The molecule has 0 aromatic carbocycles. The molecule has 0 heterocycles. The molecule has 100 valence electrons. The second kappa shape index (κ2) is 6.32. The Balaban J connectivity index is 4.96. The van der Waals surface area contributed by atoms with Gasteiger partial charge in [0.2, 0.25) is 0 Å². The van der Waals surface area contributed by atoms with Crippen molar-refractivity contribution in [3.8, 4) is 0 Å². The Morgan fingerprint density at radius 1 is 1.29 bits per heavy atom. The summed E-state index contributed by atoms with van der Waals surface area (Å²) >= 11 is 2.80. The van der Waals surface area contributed by atoms with Crippen molar-refractivity contribution in [3.63, 3.8) is 0 Å². The third-order valence-corrected chi connectivity index (χ3v) is 2.56. The van der Waals surface area contributed by atoms with E-state index in [1.54, 1.807) is 0 Å². The zero-order valence-electron chi connectivity index (χ0n) is 9.22. The second-order valence-corrected chi connectivity index (χ2v) is 4.18. The Kier molecular flexibility index (Phi) is 6.08. The van der Waals surface area contributed by atoms with Crippen LogP contribution in [0, 0.1) is 0 Å². The summed E-state index contributed by atoms with van der Waals surface area (Å²) in [6.07, 6.45) is -4.09. The fourth-order valence-corrected chi connectivity index (χ4v) is 1.18. The van der Waals surface area contributed by atoms with Gasteiger partial charge in [0.1, 0.15) is 0 Å². The Morgan fingerprint density at radius 2 is 1.76 bits per heavy atom. The fraction of sp³-hybridized carbons (Fsp3) is 0.778. The van der Waals surface area contributed by atoms with Crippen LogP contribution in [0.2, 0.25) is 0 Å². The Bertz CT molecular complexity index is 297. The lowest BCUT2D eigenvalue weighted by atomic mass is 10.2. The Labute approximate surface area is 104 Å². The maximum atomic E-state index is 12.8. The van der Waals surface area contributed by atoms with Crippen LogP contribution in [-0.4, -0.2) is 46.9 Å². The van der Waals surface area contributed by atoms with E-state index in [0.29, 0.717) is 4.90 Å². The van der Waals surface area contributed by atoms with Crippen molar-refractivity contribution >= 4 is 27.6 Å². The molecule has 0 unspecified atom stereocenters. The number of nitrogens with zero attached hydrogens (tertiary/aromatic N) is 1. The lowest BCUT2D eigenvalue weighted by molar-refractivity contribution is -0.182. The minimum atomic E-state index is -4.77. The van der Waals surface area contributed by atoms with Crippen LogP contribution in [0.4, 0.5) is 17.6 Å². The number of alkyl halides is 5. The standard InChI is InChI=1S/C9H12BrF4NO2/c1-5(2)15(4-6(16)3-10)8(17)9(13,14)7(11)12/h5,7H,3-4H2,1-2H3. The highest BCUT2D eigenvalue weighted by molar-refractivity contribution is 9.09. The zero-order chi connectivity index (χ0) is 13.8. The van der Waals surface area contributed by atoms with E-state index >= 15 is 0 Å². The molecule has 0 radical (unpaired) electrons. The number of ketones is 1. The summed E-state index contributed by atoms with van der Waals surface area (Å²) in [5.74, 6) is -7.34. The van der Waals surface area contributed by atoms with Gasteiger partial charge in [0.15, 0.2) is 5.78 Å². The smallest absolute Gasteiger partial charge is 0.327 e. The zero-order valence-corrected chi connectivity index (χ0v) is 10.8. The van der Waals surface area contributed by atoms with E-state index < -0.39 is 36.6 Å². The summed E-state index contributed by atoms with van der Waals surface area (Å²) in [5, 5.41) is -0.135. The summed E-state index contributed by atoms with van der Waals surface area (Å²) < 4.78 is 49.7. The molecule has 0 aromatic heterocycles. The van der Waals surface area contributed by atoms with Crippen molar-refractivity contribution in [1.82, 2.24) is 4.90 Å². The number of carbonyl (C=O) groups is 2. The Morgan fingerprint density at radius 3 is 2.06 bits per heavy atom. The van der Waals surface area contributed by atoms with Crippen LogP contribution < -0.4 is 0 Å². The molecular formula is C9H12BrF4NO2. The van der Waals surface area contributed by atoms with Gasteiger partial charge in [-0.05, 0) is 13.8 Å². The van der Waals surface area contributed by atoms with Crippen LogP contribution in [0.5, 0.6) is 0 Å². The molecule has 0 saturated carbocycles. The molecule has 17 heavy (non-hydrogen) atoms. The first kappa shape index (κ1) is 16.3. The van der Waals surface area contributed by atoms with E-state index in [0.717, 1.165) is 0 Å². The number of Topliss-reactive ketones (excluding diaryl/α,β-unsaturated/α-hetero) is 1. The molecule has 1 amide bonds. The molecule has 0 N–H and O–H groups in total. The van der Waals surface area contributed by atoms with Gasteiger partial charge in [-0.15, -0.1) is 0 Å². The highest BCUT2D eigenvalue weighted by atomic mass is 79.9. The van der Waals surface area contributed by atoms with Crippen molar-refractivity contribution in [3.05, 3.63) is 0 Å². The molecule has 0 bridgehead atoms. The molecule has 0 aliphatic carbocycles. The average molecular weight is 322 g/mol. The predicted octanol–water partition coefficient (Wildman–Crippen LogP) is 2.09. The molecule has 0 aliphatic rings. The lowest BCUT2D eigenvalue weighted by Crippen LogP contribution is -2.52. The Hall–Kier alpha value is -0.660. The molecule has 0 saturated heterocycles. The number of hydrogen-bond acceptors (Lipinski definition) is 2. The quantitative estimate of drug-likeness (QED) is 0.555. The van der Waals surface area contributed by atoms with Gasteiger partial charge < -0.3 is 4.90 Å². The minimum Gasteiger partial charge on any atom is -0.327 e. The van der Waals surface area contributed by atoms with Gasteiger partial charge >= 0.3 is 12.3 Å². The van der Waals surface area contributed by atoms with Crippen LogP contribution in [0.3, 0.4) is 0 Å². The van der Waals surface area contributed by atoms with Crippen molar-refractivity contribution in [1.29, 1.82) is 0 Å². The molecule has 3 nitrogen and oxygen atoms in total. The van der Waals surface area contributed by atoms with Crippen LogP contribution in [0.25, 0.3) is 0 Å². The van der Waals surface area contributed by atoms with Gasteiger partial charge in [0, 0.05) is 6.04 Å². The summed E-state index contributed by atoms with van der Waals surface area (Å²) in [7, 11) is 0. The molecular weight excluding hydrogens is 310 g/mol.